The molecule has 5 heteroatoms. The minimum absolute atomic E-state index is 0.0921. The zero-order valence-corrected chi connectivity index (χ0v) is 11.1. The molecular weight excluding hydrogens is 218 g/mol. The van der Waals surface area contributed by atoms with E-state index >= 15 is 0 Å². The fraction of sp³-hybridized carbons (Fsp3) is 0.917. The van der Waals surface area contributed by atoms with Crippen molar-refractivity contribution in [2.45, 2.75) is 45.3 Å². The van der Waals surface area contributed by atoms with Crippen LogP contribution in [0.3, 0.4) is 0 Å². The number of nitrogens with zero attached hydrogens (tertiary/aromatic N) is 1. The Kier molecular flexibility index (Phi) is 5.88. The number of carbonyl (C=O) groups is 1. The number of carbonyl (C=O) groups excluding carboxylic acids is 1. The van der Waals surface area contributed by atoms with Crippen LogP contribution in [0.25, 0.3) is 0 Å². The summed E-state index contributed by atoms with van der Waals surface area (Å²) in [6, 6.07) is 0.400. The average molecular weight is 243 g/mol. The van der Waals surface area contributed by atoms with Crippen LogP contribution in [-0.4, -0.2) is 43.2 Å². The molecule has 17 heavy (non-hydrogen) atoms. The van der Waals surface area contributed by atoms with Gasteiger partial charge in [-0.25, -0.2) is 5.84 Å². The molecule has 1 aliphatic heterocycles. The predicted molar refractivity (Wildman–Crippen MR) is 67.2 cm³/mol. The number of nitrogens with two attached hydrogens (primary N) is 1. The van der Waals surface area contributed by atoms with E-state index in [1.807, 2.05) is 0 Å². The van der Waals surface area contributed by atoms with Gasteiger partial charge in [-0.15, -0.1) is 0 Å². The lowest BCUT2D eigenvalue weighted by atomic mass is 9.94. The van der Waals surface area contributed by atoms with Crippen molar-refractivity contribution >= 4 is 5.91 Å². The maximum atomic E-state index is 11.1. The molecule has 0 radical (unpaired) electrons. The molecule has 0 saturated carbocycles. The number of ether oxygens (including phenoxy) is 1. The maximum Gasteiger partial charge on any atom is 0.233 e. The average Bonchev–Trinajstić information content (AvgIpc) is 2.35. The van der Waals surface area contributed by atoms with Crippen molar-refractivity contribution in [3.63, 3.8) is 0 Å². The van der Waals surface area contributed by atoms with E-state index in [4.69, 9.17) is 10.6 Å². The third-order valence-corrected chi connectivity index (χ3v) is 3.80. The fourth-order valence-electron chi connectivity index (χ4n) is 2.36. The van der Waals surface area contributed by atoms with Crippen LogP contribution >= 0.6 is 0 Å². The molecule has 1 rings (SSSR count). The highest BCUT2D eigenvalue weighted by atomic mass is 16.5. The van der Waals surface area contributed by atoms with E-state index < -0.39 is 0 Å². The Labute approximate surface area is 104 Å². The van der Waals surface area contributed by atoms with Crippen molar-refractivity contribution in [3.05, 3.63) is 0 Å². The molecule has 0 aromatic rings. The van der Waals surface area contributed by atoms with Gasteiger partial charge in [0.1, 0.15) is 0 Å². The number of piperidine rings is 1. The second-order valence-electron chi connectivity index (χ2n) is 4.99. The molecule has 100 valence electrons. The molecule has 1 aliphatic rings. The molecule has 0 aromatic carbocycles. The molecule has 1 saturated heterocycles. The van der Waals surface area contributed by atoms with Gasteiger partial charge in [0.15, 0.2) is 0 Å². The minimum Gasteiger partial charge on any atom is -0.380 e. The SMILES string of the molecule is COC1CN(C(C)CCC(=O)NN)CCC1C. The van der Waals surface area contributed by atoms with Crippen molar-refractivity contribution in [2.75, 3.05) is 20.2 Å². The van der Waals surface area contributed by atoms with Crippen LogP contribution in [0.2, 0.25) is 0 Å². The third-order valence-electron chi connectivity index (χ3n) is 3.80. The lowest BCUT2D eigenvalue weighted by Crippen LogP contribution is -2.47. The zero-order valence-electron chi connectivity index (χ0n) is 11.1. The van der Waals surface area contributed by atoms with Crippen molar-refractivity contribution < 1.29 is 9.53 Å². The Bertz CT molecular complexity index is 248. The van der Waals surface area contributed by atoms with E-state index in [2.05, 4.69) is 24.2 Å². The molecule has 0 aliphatic carbocycles. The van der Waals surface area contributed by atoms with Crippen molar-refractivity contribution in [2.24, 2.45) is 11.8 Å². The molecule has 0 spiro atoms. The standard InChI is InChI=1S/C12H25N3O2/c1-9-6-7-15(8-11(9)17-3)10(2)4-5-12(16)14-13/h9-11H,4-8,13H2,1-3H3,(H,14,16). The number of hydrazine groups is 1. The molecular formula is C12H25N3O2. The summed E-state index contributed by atoms with van der Waals surface area (Å²) in [5.41, 5.74) is 2.17. The van der Waals surface area contributed by atoms with Gasteiger partial charge in [-0.05, 0) is 32.2 Å². The van der Waals surface area contributed by atoms with Crippen LogP contribution in [0.4, 0.5) is 0 Å². The molecule has 1 heterocycles. The minimum atomic E-state index is -0.0921. The third kappa shape index (κ3) is 4.26. The van der Waals surface area contributed by atoms with Gasteiger partial charge in [-0.3, -0.25) is 15.1 Å². The van der Waals surface area contributed by atoms with Crippen LogP contribution in [0.1, 0.15) is 33.1 Å². The van der Waals surface area contributed by atoms with Crippen molar-refractivity contribution in [3.8, 4) is 0 Å². The summed E-state index contributed by atoms with van der Waals surface area (Å²) in [6.07, 6.45) is 2.80. The summed E-state index contributed by atoms with van der Waals surface area (Å²) in [7, 11) is 1.78. The quantitative estimate of drug-likeness (QED) is 0.419. The van der Waals surface area contributed by atoms with Crippen LogP contribution < -0.4 is 11.3 Å². The highest BCUT2D eigenvalue weighted by Crippen LogP contribution is 2.22. The second kappa shape index (κ2) is 6.93. The maximum absolute atomic E-state index is 11.1. The summed E-state index contributed by atoms with van der Waals surface area (Å²) < 4.78 is 5.49. The molecule has 3 unspecified atom stereocenters. The molecule has 1 fully saturated rings. The Morgan fingerprint density at radius 3 is 2.94 bits per heavy atom. The van der Waals surface area contributed by atoms with E-state index in [9.17, 15) is 4.79 Å². The van der Waals surface area contributed by atoms with E-state index in [0.717, 1.165) is 25.9 Å². The summed E-state index contributed by atoms with van der Waals surface area (Å²) >= 11 is 0. The van der Waals surface area contributed by atoms with Gasteiger partial charge in [-0.2, -0.15) is 0 Å². The Hall–Kier alpha value is -0.650. The van der Waals surface area contributed by atoms with Crippen LogP contribution in [-0.2, 0) is 9.53 Å². The number of methoxy groups -OCH3 is 1. The largest absolute Gasteiger partial charge is 0.380 e. The number of amides is 1. The first-order valence-electron chi connectivity index (χ1n) is 6.34. The van der Waals surface area contributed by atoms with E-state index in [0.29, 0.717) is 24.5 Å². The topological polar surface area (TPSA) is 67.6 Å². The van der Waals surface area contributed by atoms with E-state index in [1.165, 1.54) is 0 Å². The number of hydrogen-bond acceptors (Lipinski definition) is 4. The lowest BCUT2D eigenvalue weighted by Gasteiger charge is -2.39. The van der Waals surface area contributed by atoms with Gasteiger partial charge in [0.25, 0.3) is 0 Å². The molecule has 5 nitrogen and oxygen atoms in total. The first-order chi connectivity index (χ1) is 8.08. The molecule has 0 bridgehead atoms. The molecule has 1 amide bonds. The molecule has 3 N–H and O–H groups in total. The number of likely N-dealkylation sites (tertiary alicyclic amines) is 1. The van der Waals surface area contributed by atoms with E-state index in [-0.39, 0.29) is 5.91 Å². The Morgan fingerprint density at radius 2 is 2.35 bits per heavy atom. The van der Waals surface area contributed by atoms with Crippen molar-refractivity contribution in [1.82, 2.24) is 10.3 Å². The number of rotatable bonds is 5. The van der Waals surface area contributed by atoms with Crippen LogP contribution in [0.5, 0.6) is 0 Å². The number of hydrogen-bond donors (Lipinski definition) is 2. The number of nitrogens with one attached hydrogen (secondary N) is 1. The highest BCUT2D eigenvalue weighted by Gasteiger charge is 2.28. The second-order valence-corrected chi connectivity index (χ2v) is 4.99. The van der Waals surface area contributed by atoms with Gasteiger partial charge >= 0.3 is 0 Å². The summed E-state index contributed by atoms with van der Waals surface area (Å²) in [4.78, 5) is 13.5. The van der Waals surface area contributed by atoms with Crippen molar-refractivity contribution in [1.29, 1.82) is 0 Å². The Morgan fingerprint density at radius 1 is 1.65 bits per heavy atom. The predicted octanol–water partition coefficient (Wildman–Crippen LogP) is 0.502. The van der Waals surface area contributed by atoms with Gasteiger partial charge in [0, 0.05) is 26.1 Å². The summed E-state index contributed by atoms with van der Waals surface area (Å²) in [5, 5.41) is 0. The lowest BCUT2D eigenvalue weighted by molar-refractivity contribution is -0.121. The van der Waals surface area contributed by atoms with Crippen LogP contribution in [0.15, 0.2) is 0 Å². The van der Waals surface area contributed by atoms with Crippen LogP contribution in [0, 0.1) is 5.92 Å². The first kappa shape index (κ1) is 14.4. The van der Waals surface area contributed by atoms with Gasteiger partial charge in [-0.1, -0.05) is 6.92 Å². The summed E-state index contributed by atoms with van der Waals surface area (Å²) in [6.45, 7) is 6.44. The zero-order chi connectivity index (χ0) is 12.8. The molecule has 0 aromatic heterocycles. The van der Waals surface area contributed by atoms with Gasteiger partial charge in [0.2, 0.25) is 5.91 Å². The van der Waals surface area contributed by atoms with E-state index in [1.54, 1.807) is 7.11 Å². The van der Waals surface area contributed by atoms with Gasteiger partial charge in [0.05, 0.1) is 6.10 Å². The molecule has 3 atom stereocenters. The monoisotopic (exact) mass is 243 g/mol. The summed E-state index contributed by atoms with van der Waals surface area (Å²) in [5.74, 6) is 5.59. The fourth-order valence-corrected chi connectivity index (χ4v) is 2.36. The highest BCUT2D eigenvalue weighted by molar-refractivity contribution is 5.75. The smallest absolute Gasteiger partial charge is 0.233 e. The van der Waals surface area contributed by atoms with Gasteiger partial charge < -0.3 is 4.74 Å². The Balaban J connectivity index is 2.36. The first-order valence-corrected chi connectivity index (χ1v) is 6.34. The normalized spacial score (nSPS) is 27.8.